The predicted molar refractivity (Wildman–Crippen MR) is 51.3 cm³/mol. The molecule has 1 fully saturated rings. The monoisotopic (exact) mass is 171 g/mol. The van der Waals surface area contributed by atoms with Gasteiger partial charge in [0.15, 0.2) is 0 Å². The summed E-state index contributed by atoms with van der Waals surface area (Å²) in [5, 5.41) is 0. The number of hydrogen-bond acceptors (Lipinski definition) is 2. The van der Waals surface area contributed by atoms with E-state index in [2.05, 4.69) is 18.7 Å². The highest BCUT2D eigenvalue weighted by molar-refractivity contribution is 4.76. The average Bonchev–Trinajstić information content (AvgIpc) is 2.03. The fourth-order valence-electron chi connectivity index (χ4n) is 2.00. The molecule has 0 aromatic heterocycles. The molecule has 2 heteroatoms. The summed E-state index contributed by atoms with van der Waals surface area (Å²) < 4.78 is 5.08. The van der Waals surface area contributed by atoms with E-state index in [0.29, 0.717) is 0 Å². The first-order valence-electron chi connectivity index (χ1n) is 4.97. The van der Waals surface area contributed by atoms with Crippen LogP contribution in [-0.2, 0) is 4.74 Å². The van der Waals surface area contributed by atoms with E-state index in [-0.39, 0.29) is 0 Å². The Hall–Kier alpha value is -0.0800. The predicted octanol–water partition coefficient (Wildman–Crippen LogP) is 1.75. The van der Waals surface area contributed by atoms with Crippen LogP contribution in [0, 0.1) is 5.92 Å². The van der Waals surface area contributed by atoms with E-state index >= 15 is 0 Å². The number of ether oxygens (including phenoxy) is 1. The number of nitrogens with zero attached hydrogens (tertiary/aromatic N) is 1. The number of hydrogen-bond donors (Lipinski definition) is 0. The minimum atomic E-state index is 0.754. The van der Waals surface area contributed by atoms with Gasteiger partial charge in [0.25, 0.3) is 0 Å². The number of rotatable bonds is 3. The lowest BCUT2D eigenvalue weighted by Crippen LogP contribution is -2.41. The van der Waals surface area contributed by atoms with Crippen molar-refractivity contribution in [2.45, 2.75) is 32.7 Å². The summed E-state index contributed by atoms with van der Waals surface area (Å²) in [6.07, 6.45) is 2.71. The number of methoxy groups -OCH3 is 1. The van der Waals surface area contributed by atoms with E-state index in [4.69, 9.17) is 4.74 Å². The van der Waals surface area contributed by atoms with E-state index in [1.807, 2.05) is 0 Å². The Balaban J connectivity index is 2.25. The van der Waals surface area contributed by atoms with Crippen molar-refractivity contribution in [3.05, 3.63) is 0 Å². The third kappa shape index (κ3) is 2.76. The maximum Gasteiger partial charge on any atom is 0.0589 e. The third-order valence-electron chi connectivity index (χ3n) is 2.86. The lowest BCUT2D eigenvalue weighted by atomic mass is 9.93. The van der Waals surface area contributed by atoms with Crippen LogP contribution in [-0.4, -0.2) is 37.7 Å². The molecule has 0 aromatic carbocycles. The van der Waals surface area contributed by atoms with Crippen molar-refractivity contribution in [1.29, 1.82) is 0 Å². The molecule has 2 nitrogen and oxygen atoms in total. The van der Waals surface area contributed by atoms with Crippen LogP contribution in [0.1, 0.15) is 26.7 Å². The molecule has 0 saturated carbocycles. The SMILES string of the molecule is COCCN1CC[C@@H](C)CC1C. The molecular formula is C10H21NO. The Labute approximate surface area is 75.9 Å². The molecular weight excluding hydrogens is 150 g/mol. The van der Waals surface area contributed by atoms with Gasteiger partial charge in [0.2, 0.25) is 0 Å². The first-order chi connectivity index (χ1) is 5.74. The molecule has 0 N–H and O–H groups in total. The van der Waals surface area contributed by atoms with Gasteiger partial charge in [0.1, 0.15) is 0 Å². The second-order valence-corrected chi connectivity index (χ2v) is 4.01. The fraction of sp³-hybridized carbons (Fsp3) is 1.00. The van der Waals surface area contributed by atoms with Gasteiger partial charge in [-0.15, -0.1) is 0 Å². The number of piperidine rings is 1. The van der Waals surface area contributed by atoms with Gasteiger partial charge in [0, 0.05) is 19.7 Å². The molecule has 1 aliphatic heterocycles. The van der Waals surface area contributed by atoms with Gasteiger partial charge in [0.05, 0.1) is 6.61 Å². The van der Waals surface area contributed by atoms with Crippen LogP contribution in [0.3, 0.4) is 0 Å². The summed E-state index contributed by atoms with van der Waals surface area (Å²) in [5.41, 5.74) is 0. The third-order valence-corrected chi connectivity index (χ3v) is 2.86. The Morgan fingerprint density at radius 3 is 2.75 bits per heavy atom. The summed E-state index contributed by atoms with van der Waals surface area (Å²) >= 11 is 0. The summed E-state index contributed by atoms with van der Waals surface area (Å²) in [5.74, 6) is 0.916. The summed E-state index contributed by atoms with van der Waals surface area (Å²) in [6, 6.07) is 0.754. The van der Waals surface area contributed by atoms with E-state index in [9.17, 15) is 0 Å². The quantitative estimate of drug-likeness (QED) is 0.641. The van der Waals surface area contributed by atoms with Crippen molar-refractivity contribution >= 4 is 0 Å². The van der Waals surface area contributed by atoms with Gasteiger partial charge in [-0.1, -0.05) is 6.92 Å². The Bertz CT molecular complexity index is 125. The van der Waals surface area contributed by atoms with E-state index in [1.54, 1.807) is 7.11 Å². The van der Waals surface area contributed by atoms with Crippen molar-refractivity contribution in [2.24, 2.45) is 5.92 Å². The molecule has 1 saturated heterocycles. The second kappa shape index (κ2) is 4.83. The van der Waals surface area contributed by atoms with Crippen LogP contribution >= 0.6 is 0 Å². The highest BCUT2D eigenvalue weighted by Crippen LogP contribution is 2.21. The Morgan fingerprint density at radius 2 is 2.17 bits per heavy atom. The van der Waals surface area contributed by atoms with Gasteiger partial charge >= 0.3 is 0 Å². The minimum absolute atomic E-state index is 0.754. The second-order valence-electron chi connectivity index (χ2n) is 4.01. The first kappa shape index (κ1) is 10.0. The van der Waals surface area contributed by atoms with Crippen molar-refractivity contribution in [3.63, 3.8) is 0 Å². The van der Waals surface area contributed by atoms with Gasteiger partial charge in [-0.3, -0.25) is 4.90 Å². The number of likely N-dealkylation sites (tertiary alicyclic amines) is 1. The average molecular weight is 171 g/mol. The van der Waals surface area contributed by atoms with Crippen LogP contribution in [0.25, 0.3) is 0 Å². The van der Waals surface area contributed by atoms with E-state index in [0.717, 1.165) is 25.1 Å². The highest BCUT2D eigenvalue weighted by Gasteiger charge is 2.21. The normalized spacial score (nSPS) is 32.2. The zero-order valence-electron chi connectivity index (χ0n) is 8.55. The van der Waals surface area contributed by atoms with Crippen molar-refractivity contribution < 1.29 is 4.74 Å². The molecule has 0 spiro atoms. The van der Waals surface area contributed by atoms with Crippen LogP contribution in [0.2, 0.25) is 0 Å². The van der Waals surface area contributed by atoms with Crippen LogP contribution in [0.4, 0.5) is 0 Å². The molecule has 0 aliphatic carbocycles. The largest absolute Gasteiger partial charge is 0.383 e. The molecule has 0 amide bonds. The van der Waals surface area contributed by atoms with Crippen LogP contribution in [0.5, 0.6) is 0 Å². The van der Waals surface area contributed by atoms with E-state index in [1.165, 1.54) is 19.4 Å². The lowest BCUT2D eigenvalue weighted by molar-refractivity contribution is 0.0869. The smallest absolute Gasteiger partial charge is 0.0589 e. The van der Waals surface area contributed by atoms with Gasteiger partial charge in [-0.05, 0) is 32.2 Å². The zero-order valence-corrected chi connectivity index (χ0v) is 8.55. The topological polar surface area (TPSA) is 12.5 Å². The van der Waals surface area contributed by atoms with Crippen LogP contribution < -0.4 is 0 Å². The summed E-state index contributed by atoms with van der Waals surface area (Å²) in [4.78, 5) is 2.53. The Kier molecular flexibility index (Phi) is 4.02. The zero-order chi connectivity index (χ0) is 8.97. The Morgan fingerprint density at radius 1 is 1.42 bits per heavy atom. The molecule has 1 rings (SSSR count). The lowest BCUT2D eigenvalue weighted by Gasteiger charge is -2.36. The standard InChI is InChI=1S/C10H21NO/c1-9-4-5-11(6-7-12-3)10(2)8-9/h9-10H,4-8H2,1-3H3/t9-,10?/m1/s1. The van der Waals surface area contributed by atoms with Crippen molar-refractivity contribution in [2.75, 3.05) is 26.8 Å². The van der Waals surface area contributed by atoms with Crippen molar-refractivity contribution in [3.8, 4) is 0 Å². The van der Waals surface area contributed by atoms with Gasteiger partial charge in [-0.2, -0.15) is 0 Å². The molecule has 0 bridgehead atoms. The maximum absolute atomic E-state index is 5.08. The molecule has 1 heterocycles. The first-order valence-corrected chi connectivity index (χ1v) is 4.97. The molecule has 1 unspecified atom stereocenters. The van der Waals surface area contributed by atoms with Crippen molar-refractivity contribution in [1.82, 2.24) is 4.90 Å². The molecule has 0 aromatic rings. The molecule has 12 heavy (non-hydrogen) atoms. The van der Waals surface area contributed by atoms with Gasteiger partial charge < -0.3 is 4.74 Å². The summed E-state index contributed by atoms with van der Waals surface area (Å²) in [7, 11) is 1.78. The van der Waals surface area contributed by atoms with E-state index < -0.39 is 0 Å². The molecule has 2 atom stereocenters. The maximum atomic E-state index is 5.08. The van der Waals surface area contributed by atoms with Gasteiger partial charge in [-0.25, -0.2) is 0 Å². The molecule has 0 radical (unpaired) electrons. The van der Waals surface area contributed by atoms with Crippen LogP contribution in [0.15, 0.2) is 0 Å². The highest BCUT2D eigenvalue weighted by atomic mass is 16.5. The summed E-state index contributed by atoms with van der Waals surface area (Å²) in [6.45, 7) is 7.91. The molecule has 72 valence electrons. The fourth-order valence-corrected chi connectivity index (χ4v) is 2.00. The molecule has 1 aliphatic rings. The minimum Gasteiger partial charge on any atom is -0.383 e.